The summed E-state index contributed by atoms with van der Waals surface area (Å²) in [4.78, 5) is 0. The highest BCUT2D eigenvalue weighted by Gasteiger charge is 2.48. The zero-order chi connectivity index (χ0) is 13.4. The summed E-state index contributed by atoms with van der Waals surface area (Å²) >= 11 is 0. The minimum atomic E-state index is -1.30. The van der Waals surface area contributed by atoms with Crippen LogP contribution in [0.25, 0.3) is 0 Å². The lowest BCUT2D eigenvalue weighted by Crippen LogP contribution is -2.47. The van der Waals surface area contributed by atoms with Gasteiger partial charge in [0, 0.05) is 18.0 Å². The molecule has 1 aromatic rings. The summed E-state index contributed by atoms with van der Waals surface area (Å²) in [7, 11) is 0. The van der Waals surface area contributed by atoms with E-state index in [0.29, 0.717) is 6.54 Å². The predicted octanol–water partition coefficient (Wildman–Crippen LogP) is 2.69. The number of aliphatic hydroxyl groups is 1. The molecule has 1 aromatic carbocycles. The molecule has 0 spiro atoms. The van der Waals surface area contributed by atoms with Crippen molar-refractivity contribution < 1.29 is 13.9 Å². The average molecular weight is 255 g/mol. The molecule has 0 aromatic heterocycles. The fourth-order valence-electron chi connectivity index (χ4n) is 3.08. The molecule has 2 rings (SSSR count). The van der Waals surface area contributed by atoms with Gasteiger partial charge in [0.15, 0.2) is 0 Å². The Balaban J connectivity index is 2.45. The second kappa shape index (κ2) is 4.59. The van der Waals surface area contributed by atoms with Crippen LogP contribution in [0.1, 0.15) is 38.2 Å². The van der Waals surface area contributed by atoms with Crippen LogP contribution in [-0.4, -0.2) is 11.7 Å². The van der Waals surface area contributed by atoms with Gasteiger partial charge in [-0.15, -0.1) is 0 Å². The third-order valence-corrected chi connectivity index (χ3v) is 4.41. The molecular weight excluding hydrogens is 236 g/mol. The van der Waals surface area contributed by atoms with Gasteiger partial charge in [-0.1, -0.05) is 12.8 Å². The van der Waals surface area contributed by atoms with Crippen molar-refractivity contribution in [2.45, 2.75) is 38.2 Å². The Morgan fingerprint density at radius 3 is 2.17 bits per heavy atom. The van der Waals surface area contributed by atoms with E-state index in [4.69, 9.17) is 5.73 Å². The van der Waals surface area contributed by atoms with Gasteiger partial charge in [-0.3, -0.25) is 0 Å². The van der Waals surface area contributed by atoms with Gasteiger partial charge in [0.1, 0.15) is 11.6 Å². The van der Waals surface area contributed by atoms with Crippen LogP contribution in [-0.2, 0) is 5.60 Å². The fourth-order valence-corrected chi connectivity index (χ4v) is 3.08. The van der Waals surface area contributed by atoms with Gasteiger partial charge in [0.25, 0.3) is 0 Å². The first-order valence-corrected chi connectivity index (χ1v) is 6.30. The third kappa shape index (κ3) is 2.04. The molecule has 1 aliphatic carbocycles. The molecular formula is C14H19F2NO. The number of nitrogens with two attached hydrogens (primary N) is 1. The lowest BCUT2D eigenvalue weighted by Gasteiger charge is -2.42. The van der Waals surface area contributed by atoms with E-state index in [1.165, 1.54) is 12.1 Å². The average Bonchev–Trinajstić information content (AvgIpc) is 2.77. The number of halogens is 2. The van der Waals surface area contributed by atoms with Crippen LogP contribution < -0.4 is 5.73 Å². The Bertz CT molecular complexity index is 419. The number of hydrogen-bond acceptors (Lipinski definition) is 2. The van der Waals surface area contributed by atoms with E-state index in [-0.39, 0.29) is 5.56 Å². The maximum absolute atomic E-state index is 13.3. The van der Waals surface area contributed by atoms with E-state index in [1.807, 2.05) is 0 Å². The first-order valence-electron chi connectivity index (χ1n) is 6.30. The smallest absolute Gasteiger partial charge is 0.126 e. The summed E-state index contributed by atoms with van der Waals surface area (Å²) < 4.78 is 26.6. The van der Waals surface area contributed by atoms with Crippen LogP contribution in [0.5, 0.6) is 0 Å². The third-order valence-electron chi connectivity index (χ3n) is 4.41. The van der Waals surface area contributed by atoms with E-state index in [1.54, 1.807) is 6.92 Å². The summed E-state index contributed by atoms with van der Waals surface area (Å²) in [5, 5.41) is 10.8. The zero-order valence-corrected chi connectivity index (χ0v) is 10.5. The highest BCUT2D eigenvalue weighted by molar-refractivity contribution is 5.27. The Morgan fingerprint density at radius 2 is 1.72 bits per heavy atom. The van der Waals surface area contributed by atoms with Crippen LogP contribution in [0.3, 0.4) is 0 Å². The van der Waals surface area contributed by atoms with Crippen molar-refractivity contribution in [3.8, 4) is 0 Å². The summed E-state index contributed by atoms with van der Waals surface area (Å²) in [6, 6.07) is 3.20. The molecule has 0 bridgehead atoms. The van der Waals surface area contributed by atoms with Gasteiger partial charge in [-0.05, 0) is 37.5 Å². The van der Waals surface area contributed by atoms with Crippen LogP contribution >= 0.6 is 0 Å². The van der Waals surface area contributed by atoms with Gasteiger partial charge in [-0.25, -0.2) is 8.78 Å². The maximum Gasteiger partial charge on any atom is 0.126 e. The second-order valence-corrected chi connectivity index (χ2v) is 5.42. The summed E-state index contributed by atoms with van der Waals surface area (Å²) in [6.07, 6.45) is 3.56. The SMILES string of the molecule is CC(O)(c1cc(F)cc(F)c1)C1(CN)CCCC1. The lowest BCUT2D eigenvalue weighted by atomic mass is 9.68. The normalized spacial score (nSPS) is 21.8. The van der Waals surface area contributed by atoms with Gasteiger partial charge >= 0.3 is 0 Å². The Morgan fingerprint density at radius 1 is 1.22 bits per heavy atom. The summed E-state index contributed by atoms with van der Waals surface area (Å²) in [5.74, 6) is -1.34. The van der Waals surface area contributed by atoms with Crippen molar-refractivity contribution in [3.05, 3.63) is 35.4 Å². The van der Waals surface area contributed by atoms with Crippen molar-refractivity contribution in [1.82, 2.24) is 0 Å². The highest BCUT2D eigenvalue weighted by Crippen LogP contribution is 2.50. The van der Waals surface area contributed by atoms with E-state index < -0.39 is 22.7 Å². The van der Waals surface area contributed by atoms with Crippen LogP contribution in [0, 0.1) is 17.0 Å². The maximum atomic E-state index is 13.3. The topological polar surface area (TPSA) is 46.2 Å². The minimum absolute atomic E-state index is 0.271. The van der Waals surface area contributed by atoms with Crippen molar-refractivity contribution in [1.29, 1.82) is 0 Å². The Hall–Kier alpha value is -1.00. The quantitative estimate of drug-likeness (QED) is 0.872. The molecule has 4 heteroatoms. The van der Waals surface area contributed by atoms with Crippen LogP contribution in [0.15, 0.2) is 18.2 Å². The highest BCUT2D eigenvalue weighted by atomic mass is 19.1. The van der Waals surface area contributed by atoms with Gasteiger partial charge in [0.05, 0.1) is 5.60 Å². The molecule has 100 valence electrons. The predicted molar refractivity (Wildman–Crippen MR) is 65.9 cm³/mol. The first kappa shape index (κ1) is 13.4. The largest absolute Gasteiger partial charge is 0.385 e. The van der Waals surface area contributed by atoms with E-state index in [0.717, 1.165) is 31.7 Å². The molecule has 0 saturated heterocycles. The summed E-state index contributed by atoms with van der Waals surface area (Å²) in [6.45, 7) is 1.93. The van der Waals surface area contributed by atoms with Crippen LogP contribution in [0.2, 0.25) is 0 Å². The Labute approximate surface area is 106 Å². The second-order valence-electron chi connectivity index (χ2n) is 5.42. The molecule has 1 unspecified atom stereocenters. The molecule has 0 aliphatic heterocycles. The summed E-state index contributed by atoms with van der Waals surface area (Å²) in [5.41, 5.74) is 4.31. The molecule has 18 heavy (non-hydrogen) atoms. The van der Waals surface area contributed by atoms with Crippen molar-refractivity contribution in [3.63, 3.8) is 0 Å². The van der Waals surface area contributed by atoms with E-state index >= 15 is 0 Å². The molecule has 0 heterocycles. The number of hydrogen-bond donors (Lipinski definition) is 2. The molecule has 1 aliphatic rings. The molecule has 1 atom stereocenters. The van der Waals surface area contributed by atoms with E-state index in [2.05, 4.69) is 0 Å². The van der Waals surface area contributed by atoms with Gasteiger partial charge in [-0.2, -0.15) is 0 Å². The fraction of sp³-hybridized carbons (Fsp3) is 0.571. The minimum Gasteiger partial charge on any atom is -0.385 e. The van der Waals surface area contributed by atoms with Crippen molar-refractivity contribution in [2.24, 2.45) is 11.1 Å². The number of rotatable bonds is 3. The van der Waals surface area contributed by atoms with Gasteiger partial charge in [0.2, 0.25) is 0 Å². The monoisotopic (exact) mass is 255 g/mol. The van der Waals surface area contributed by atoms with Crippen LogP contribution in [0.4, 0.5) is 8.78 Å². The van der Waals surface area contributed by atoms with Crippen molar-refractivity contribution >= 4 is 0 Å². The number of benzene rings is 1. The molecule has 3 N–H and O–H groups in total. The first-order chi connectivity index (χ1) is 8.41. The van der Waals surface area contributed by atoms with E-state index in [9.17, 15) is 13.9 Å². The molecule has 0 amide bonds. The van der Waals surface area contributed by atoms with Gasteiger partial charge < -0.3 is 10.8 Å². The molecule has 1 saturated carbocycles. The standard InChI is InChI=1S/C14H19F2NO/c1-13(18,14(9-17)4-2-3-5-14)10-6-11(15)8-12(16)7-10/h6-8,18H,2-5,9,17H2,1H3. The van der Waals surface area contributed by atoms with Crippen molar-refractivity contribution in [2.75, 3.05) is 6.54 Å². The Kier molecular flexibility index (Phi) is 3.43. The lowest BCUT2D eigenvalue weighted by molar-refractivity contribution is -0.0697. The molecule has 2 nitrogen and oxygen atoms in total. The molecule has 0 radical (unpaired) electrons. The zero-order valence-electron chi connectivity index (χ0n) is 10.5. The molecule has 1 fully saturated rings.